The second kappa shape index (κ2) is 27.5. The summed E-state index contributed by atoms with van der Waals surface area (Å²) in [6.07, 6.45) is 30.2. The Kier molecular flexibility index (Phi) is 26.7. The van der Waals surface area contributed by atoms with Gasteiger partial charge < -0.3 is 9.84 Å². The highest BCUT2D eigenvalue weighted by molar-refractivity contribution is 5.69. The fourth-order valence-electron chi connectivity index (χ4n) is 4.82. The zero-order valence-corrected chi connectivity index (χ0v) is 23.6. The van der Waals surface area contributed by atoms with E-state index in [1.54, 1.807) is 0 Å². The second-order valence-electron chi connectivity index (χ2n) is 10.7. The van der Waals surface area contributed by atoms with Crippen molar-refractivity contribution in [2.24, 2.45) is 0 Å². The van der Waals surface area contributed by atoms with Gasteiger partial charge in [-0.25, -0.2) is 0 Å². The number of aliphatic carboxylic acids is 1. The van der Waals surface area contributed by atoms with Crippen LogP contribution in [-0.4, -0.2) is 23.1 Å². The van der Waals surface area contributed by atoms with Gasteiger partial charge in [-0.2, -0.15) is 0 Å². The molecule has 0 aromatic carbocycles. The van der Waals surface area contributed by atoms with E-state index in [9.17, 15) is 9.59 Å². The number of carboxylic acids is 1. The fourth-order valence-corrected chi connectivity index (χ4v) is 4.82. The van der Waals surface area contributed by atoms with Crippen LogP contribution in [0.2, 0.25) is 0 Å². The standard InChI is InChI=1S/C31H60O4/c1-3-5-6-7-8-9-10-15-18-21-24-28-31(34)35-29(25-4-2)26-22-19-16-13-11-12-14-17-20-23-27-30(32)33/h29H,3-28H2,1-2H3,(H,32,33). The van der Waals surface area contributed by atoms with Crippen molar-refractivity contribution in [3.63, 3.8) is 0 Å². The van der Waals surface area contributed by atoms with Gasteiger partial charge in [-0.05, 0) is 32.1 Å². The normalized spacial score (nSPS) is 12.1. The Balaban J connectivity index is 3.56. The van der Waals surface area contributed by atoms with Gasteiger partial charge in [0.1, 0.15) is 6.10 Å². The first-order valence-corrected chi connectivity index (χ1v) is 15.5. The number of unbranched alkanes of at least 4 members (excludes halogenated alkanes) is 19. The lowest BCUT2D eigenvalue weighted by Crippen LogP contribution is -2.18. The van der Waals surface area contributed by atoms with Gasteiger partial charge in [-0.1, -0.05) is 136 Å². The van der Waals surface area contributed by atoms with E-state index in [1.165, 1.54) is 96.3 Å². The molecule has 208 valence electrons. The molecular formula is C31H60O4. The number of carbonyl (C=O) groups is 2. The van der Waals surface area contributed by atoms with E-state index < -0.39 is 5.97 Å². The summed E-state index contributed by atoms with van der Waals surface area (Å²) in [4.78, 5) is 22.8. The minimum atomic E-state index is -0.676. The van der Waals surface area contributed by atoms with Crippen molar-refractivity contribution in [3.8, 4) is 0 Å². The van der Waals surface area contributed by atoms with Crippen LogP contribution in [0, 0.1) is 0 Å². The molecule has 0 saturated carbocycles. The molecule has 1 N–H and O–H groups in total. The molecule has 4 nitrogen and oxygen atoms in total. The molecule has 0 aromatic heterocycles. The van der Waals surface area contributed by atoms with E-state index in [1.807, 2.05) is 0 Å². The summed E-state index contributed by atoms with van der Waals surface area (Å²) in [6, 6.07) is 0. The summed E-state index contributed by atoms with van der Waals surface area (Å²) in [5.41, 5.74) is 0. The zero-order valence-electron chi connectivity index (χ0n) is 23.6. The van der Waals surface area contributed by atoms with Crippen molar-refractivity contribution in [1.29, 1.82) is 0 Å². The number of rotatable bonds is 28. The third kappa shape index (κ3) is 27.4. The molecule has 0 aliphatic carbocycles. The maximum absolute atomic E-state index is 12.3. The van der Waals surface area contributed by atoms with E-state index in [0.717, 1.165) is 57.8 Å². The number of esters is 1. The molecule has 0 spiro atoms. The van der Waals surface area contributed by atoms with Crippen LogP contribution >= 0.6 is 0 Å². The lowest BCUT2D eigenvalue weighted by Gasteiger charge is -2.17. The molecule has 35 heavy (non-hydrogen) atoms. The van der Waals surface area contributed by atoms with Crippen LogP contribution in [0.4, 0.5) is 0 Å². The molecular weight excluding hydrogens is 436 g/mol. The molecule has 0 heterocycles. The van der Waals surface area contributed by atoms with Gasteiger partial charge in [0.25, 0.3) is 0 Å². The first-order chi connectivity index (χ1) is 17.1. The van der Waals surface area contributed by atoms with Crippen LogP contribution in [0.1, 0.15) is 181 Å². The van der Waals surface area contributed by atoms with Crippen LogP contribution in [0.25, 0.3) is 0 Å². The van der Waals surface area contributed by atoms with Crippen LogP contribution in [-0.2, 0) is 14.3 Å². The molecule has 0 aliphatic heterocycles. The Morgan fingerprint density at radius 3 is 1.34 bits per heavy atom. The average molecular weight is 497 g/mol. The van der Waals surface area contributed by atoms with Gasteiger partial charge in [-0.15, -0.1) is 0 Å². The molecule has 0 saturated heterocycles. The van der Waals surface area contributed by atoms with Gasteiger partial charge in [0, 0.05) is 12.8 Å². The Labute approximate surface area is 218 Å². The summed E-state index contributed by atoms with van der Waals surface area (Å²) in [6.45, 7) is 4.44. The second-order valence-corrected chi connectivity index (χ2v) is 10.7. The molecule has 1 atom stereocenters. The first-order valence-electron chi connectivity index (χ1n) is 15.5. The maximum atomic E-state index is 12.3. The van der Waals surface area contributed by atoms with Crippen molar-refractivity contribution in [1.82, 2.24) is 0 Å². The summed E-state index contributed by atoms with van der Waals surface area (Å²) in [5.74, 6) is -0.659. The highest BCUT2D eigenvalue weighted by atomic mass is 16.5. The highest BCUT2D eigenvalue weighted by Crippen LogP contribution is 2.17. The van der Waals surface area contributed by atoms with E-state index in [0.29, 0.717) is 12.8 Å². The van der Waals surface area contributed by atoms with Gasteiger partial charge in [0.2, 0.25) is 0 Å². The topological polar surface area (TPSA) is 63.6 Å². The highest BCUT2D eigenvalue weighted by Gasteiger charge is 2.13. The van der Waals surface area contributed by atoms with Crippen molar-refractivity contribution >= 4 is 11.9 Å². The van der Waals surface area contributed by atoms with E-state index >= 15 is 0 Å². The van der Waals surface area contributed by atoms with E-state index in [-0.39, 0.29) is 12.1 Å². The largest absolute Gasteiger partial charge is 0.481 e. The van der Waals surface area contributed by atoms with Crippen molar-refractivity contribution in [2.75, 3.05) is 0 Å². The summed E-state index contributed by atoms with van der Waals surface area (Å²) in [5, 5.41) is 8.64. The number of hydrogen-bond acceptors (Lipinski definition) is 3. The van der Waals surface area contributed by atoms with Crippen molar-refractivity contribution in [3.05, 3.63) is 0 Å². The van der Waals surface area contributed by atoms with Crippen LogP contribution in [0.3, 0.4) is 0 Å². The smallest absolute Gasteiger partial charge is 0.306 e. The SMILES string of the molecule is CCCCCCCCCCCCCC(=O)OC(CCC)CCCCCCCCCCCCC(=O)O. The molecule has 1 unspecified atom stereocenters. The third-order valence-electron chi connectivity index (χ3n) is 7.06. The van der Waals surface area contributed by atoms with Gasteiger partial charge >= 0.3 is 11.9 Å². The lowest BCUT2D eigenvalue weighted by molar-refractivity contribution is -0.150. The number of carbonyl (C=O) groups excluding carboxylic acids is 1. The summed E-state index contributed by atoms with van der Waals surface area (Å²) in [7, 11) is 0. The molecule has 0 aromatic rings. The molecule has 4 heteroatoms. The maximum Gasteiger partial charge on any atom is 0.306 e. The van der Waals surface area contributed by atoms with Crippen LogP contribution in [0.15, 0.2) is 0 Å². The summed E-state index contributed by atoms with van der Waals surface area (Å²) < 4.78 is 5.81. The molecule has 0 rings (SSSR count). The predicted molar refractivity (Wildman–Crippen MR) is 149 cm³/mol. The van der Waals surface area contributed by atoms with Crippen LogP contribution < -0.4 is 0 Å². The molecule has 0 bridgehead atoms. The quantitative estimate of drug-likeness (QED) is 0.0864. The zero-order chi connectivity index (χ0) is 25.8. The summed E-state index contributed by atoms with van der Waals surface area (Å²) >= 11 is 0. The Bertz CT molecular complexity index is 463. The number of ether oxygens (including phenoxy) is 1. The van der Waals surface area contributed by atoms with Crippen molar-refractivity contribution in [2.45, 2.75) is 187 Å². The van der Waals surface area contributed by atoms with Gasteiger partial charge in [0.05, 0.1) is 0 Å². The Hall–Kier alpha value is -1.06. The third-order valence-corrected chi connectivity index (χ3v) is 7.06. The first kappa shape index (κ1) is 33.9. The van der Waals surface area contributed by atoms with Gasteiger partial charge in [-0.3, -0.25) is 9.59 Å². The van der Waals surface area contributed by atoms with E-state index in [4.69, 9.17) is 9.84 Å². The Morgan fingerprint density at radius 1 is 0.514 bits per heavy atom. The Morgan fingerprint density at radius 2 is 0.914 bits per heavy atom. The number of carboxylic acid groups (broad SMARTS) is 1. The predicted octanol–water partition coefficient (Wildman–Crippen LogP) is 10.2. The average Bonchev–Trinajstić information content (AvgIpc) is 2.83. The minimum absolute atomic E-state index is 0.0164. The fraction of sp³-hybridized carbons (Fsp3) is 0.935. The van der Waals surface area contributed by atoms with Crippen molar-refractivity contribution < 1.29 is 19.4 Å². The molecule has 0 fully saturated rings. The molecule has 0 radical (unpaired) electrons. The molecule has 0 amide bonds. The minimum Gasteiger partial charge on any atom is -0.481 e. The van der Waals surface area contributed by atoms with Gasteiger partial charge in [0.15, 0.2) is 0 Å². The number of hydrogen-bond donors (Lipinski definition) is 1. The van der Waals surface area contributed by atoms with Crippen LogP contribution in [0.5, 0.6) is 0 Å². The monoisotopic (exact) mass is 496 g/mol. The molecule has 0 aliphatic rings. The lowest BCUT2D eigenvalue weighted by atomic mass is 10.0. The van der Waals surface area contributed by atoms with E-state index in [2.05, 4.69) is 13.8 Å².